The van der Waals surface area contributed by atoms with Gasteiger partial charge < -0.3 is 14.2 Å². The Morgan fingerprint density at radius 1 is 0.356 bits per heavy atom. The van der Waals surface area contributed by atoms with E-state index in [4.69, 9.17) is 14.2 Å². The molecule has 59 heavy (non-hydrogen) atoms. The molecule has 0 heterocycles. The molecule has 0 saturated heterocycles. The van der Waals surface area contributed by atoms with Crippen LogP contribution >= 0.6 is 0 Å². The van der Waals surface area contributed by atoms with Gasteiger partial charge in [-0.3, -0.25) is 14.4 Å². The summed E-state index contributed by atoms with van der Waals surface area (Å²) in [7, 11) is 0. The first-order valence-electron chi connectivity index (χ1n) is 24.1. The molecule has 0 unspecified atom stereocenters. The molecule has 0 spiro atoms. The van der Waals surface area contributed by atoms with Crippen LogP contribution in [0.4, 0.5) is 0 Å². The quantitative estimate of drug-likeness (QED) is 0.0264. The normalized spacial score (nSPS) is 12.3. The molecule has 0 atom stereocenters. The van der Waals surface area contributed by atoms with Crippen molar-refractivity contribution in [1.82, 2.24) is 0 Å². The average molecular weight is 821 g/mol. The number of hydrogen-bond acceptors (Lipinski definition) is 6. The number of ether oxygens (including phenoxy) is 3. The fraction of sp³-hybridized carbons (Fsp3) is 0.679. The van der Waals surface area contributed by atoms with Crippen LogP contribution < -0.4 is 0 Å². The van der Waals surface area contributed by atoms with Crippen LogP contribution in [0.3, 0.4) is 0 Å². The van der Waals surface area contributed by atoms with Gasteiger partial charge in [0.2, 0.25) is 0 Å². The second kappa shape index (κ2) is 47.3. The van der Waals surface area contributed by atoms with Crippen molar-refractivity contribution in [3.8, 4) is 0 Å². The standard InChI is InChI=1S/C53H88O6/c1-4-7-10-13-16-19-22-23-24-25-26-27-28-29-32-35-38-41-44-47-53(56)59-50(48-57-51(54)45-42-39-36-33-30-20-17-14-11-8-5-2)49-58-52(55)46-43-40-37-34-31-21-18-15-12-9-6-3/h7,10,14-19,23-24,26-27,29,32,50H,4-6,8-9,11-13,20-22,25,28,30-31,33-49H2,1-3H3/b10-7-,17-14-,18-15-,19-16-,24-23-,27-26-,32-29-. The minimum absolute atomic E-state index is 0.0980. The lowest BCUT2D eigenvalue weighted by molar-refractivity contribution is -0.167. The molecule has 0 rings (SSSR count). The molecule has 0 amide bonds. The van der Waals surface area contributed by atoms with Crippen LogP contribution in [-0.4, -0.2) is 37.2 Å². The predicted octanol–water partition coefficient (Wildman–Crippen LogP) is 15.6. The van der Waals surface area contributed by atoms with Gasteiger partial charge in [0.25, 0.3) is 0 Å². The molecule has 0 aromatic rings. The van der Waals surface area contributed by atoms with E-state index in [1.807, 2.05) is 0 Å². The van der Waals surface area contributed by atoms with Gasteiger partial charge in [-0.1, -0.05) is 176 Å². The van der Waals surface area contributed by atoms with Gasteiger partial charge in [0.15, 0.2) is 6.10 Å². The second-order valence-electron chi connectivity index (χ2n) is 15.6. The molecule has 0 aromatic heterocycles. The number of hydrogen-bond donors (Lipinski definition) is 0. The van der Waals surface area contributed by atoms with Gasteiger partial charge in [-0.15, -0.1) is 0 Å². The zero-order valence-corrected chi connectivity index (χ0v) is 38.2. The molecule has 6 nitrogen and oxygen atoms in total. The van der Waals surface area contributed by atoms with Gasteiger partial charge in [0.05, 0.1) is 0 Å². The first kappa shape index (κ1) is 55.6. The molecule has 0 N–H and O–H groups in total. The highest BCUT2D eigenvalue weighted by molar-refractivity contribution is 5.71. The molecule has 0 radical (unpaired) electrons. The number of carbonyl (C=O) groups excluding carboxylic acids is 3. The molecular weight excluding hydrogens is 733 g/mol. The maximum atomic E-state index is 12.8. The Balaban J connectivity index is 4.46. The highest BCUT2D eigenvalue weighted by atomic mass is 16.6. The molecule has 336 valence electrons. The SMILES string of the molecule is CC/C=C\C/C=C\C/C=C\C/C=C\C/C=C\CCCCCC(=O)OC(COC(=O)CCCCCCC/C=C\CCCC)COC(=O)CCCCCCC/C=C\CCCC. The molecular formula is C53H88O6. The summed E-state index contributed by atoms with van der Waals surface area (Å²) in [5, 5.41) is 0. The van der Waals surface area contributed by atoms with E-state index >= 15 is 0 Å². The topological polar surface area (TPSA) is 78.9 Å². The summed E-state index contributed by atoms with van der Waals surface area (Å²) < 4.78 is 16.7. The second-order valence-corrected chi connectivity index (χ2v) is 15.6. The monoisotopic (exact) mass is 821 g/mol. The molecule has 0 aliphatic carbocycles. The van der Waals surface area contributed by atoms with E-state index in [0.29, 0.717) is 12.8 Å². The summed E-state index contributed by atoms with van der Waals surface area (Å²) >= 11 is 0. The Morgan fingerprint density at radius 2 is 0.661 bits per heavy atom. The van der Waals surface area contributed by atoms with E-state index in [-0.39, 0.29) is 37.5 Å². The van der Waals surface area contributed by atoms with Crippen molar-refractivity contribution >= 4 is 17.9 Å². The zero-order valence-electron chi connectivity index (χ0n) is 38.2. The van der Waals surface area contributed by atoms with E-state index in [1.165, 1.54) is 51.4 Å². The van der Waals surface area contributed by atoms with Crippen LogP contribution in [-0.2, 0) is 28.6 Å². The van der Waals surface area contributed by atoms with Gasteiger partial charge in [-0.2, -0.15) is 0 Å². The lowest BCUT2D eigenvalue weighted by atomic mass is 10.1. The first-order chi connectivity index (χ1) is 29.0. The van der Waals surface area contributed by atoms with Crippen LogP contribution in [0.5, 0.6) is 0 Å². The van der Waals surface area contributed by atoms with Crippen molar-refractivity contribution < 1.29 is 28.6 Å². The molecule has 6 heteroatoms. The Labute approximate surface area is 363 Å². The first-order valence-corrected chi connectivity index (χ1v) is 24.1. The van der Waals surface area contributed by atoms with Crippen LogP contribution in [0, 0.1) is 0 Å². The summed E-state index contributed by atoms with van der Waals surface area (Å²) in [5.41, 5.74) is 0. The van der Waals surface area contributed by atoms with Gasteiger partial charge in [0, 0.05) is 19.3 Å². The Morgan fingerprint density at radius 3 is 1.07 bits per heavy atom. The van der Waals surface area contributed by atoms with Gasteiger partial charge in [0.1, 0.15) is 13.2 Å². The van der Waals surface area contributed by atoms with E-state index in [1.54, 1.807) is 0 Å². The van der Waals surface area contributed by atoms with E-state index in [2.05, 4.69) is 106 Å². The van der Waals surface area contributed by atoms with Crippen LogP contribution in [0.2, 0.25) is 0 Å². The van der Waals surface area contributed by atoms with Crippen molar-refractivity contribution in [3.05, 3.63) is 85.1 Å². The fourth-order valence-corrected chi connectivity index (χ4v) is 6.19. The maximum Gasteiger partial charge on any atom is 0.306 e. The van der Waals surface area contributed by atoms with Gasteiger partial charge in [-0.25, -0.2) is 0 Å². The molecule has 0 saturated carbocycles. The Kier molecular flexibility index (Phi) is 44.5. The van der Waals surface area contributed by atoms with Crippen LogP contribution in [0.1, 0.15) is 213 Å². The van der Waals surface area contributed by atoms with Crippen LogP contribution in [0.15, 0.2) is 85.1 Å². The van der Waals surface area contributed by atoms with Crippen LogP contribution in [0.25, 0.3) is 0 Å². The predicted molar refractivity (Wildman–Crippen MR) is 251 cm³/mol. The minimum atomic E-state index is -0.799. The zero-order chi connectivity index (χ0) is 43.0. The van der Waals surface area contributed by atoms with E-state index < -0.39 is 6.10 Å². The lowest BCUT2D eigenvalue weighted by Crippen LogP contribution is -2.30. The van der Waals surface area contributed by atoms with Crippen molar-refractivity contribution in [2.24, 2.45) is 0 Å². The summed E-state index contributed by atoms with van der Waals surface area (Å²) in [5.74, 6) is -0.956. The highest BCUT2D eigenvalue weighted by Gasteiger charge is 2.19. The fourth-order valence-electron chi connectivity index (χ4n) is 6.19. The Bertz CT molecular complexity index is 1120. The van der Waals surface area contributed by atoms with Crippen molar-refractivity contribution in [1.29, 1.82) is 0 Å². The molecule has 0 bridgehead atoms. The molecule has 0 aliphatic rings. The Hall–Kier alpha value is -3.41. The van der Waals surface area contributed by atoms with E-state index in [0.717, 1.165) is 122 Å². The number of esters is 3. The van der Waals surface area contributed by atoms with Crippen molar-refractivity contribution in [2.75, 3.05) is 13.2 Å². The van der Waals surface area contributed by atoms with Gasteiger partial charge >= 0.3 is 17.9 Å². The minimum Gasteiger partial charge on any atom is -0.462 e. The third-order valence-electron chi connectivity index (χ3n) is 9.85. The lowest BCUT2D eigenvalue weighted by Gasteiger charge is -2.18. The molecule has 0 aromatic carbocycles. The maximum absolute atomic E-state index is 12.8. The van der Waals surface area contributed by atoms with Crippen molar-refractivity contribution in [2.45, 2.75) is 219 Å². The summed E-state index contributed by atoms with van der Waals surface area (Å²) in [6.07, 6.45) is 59.9. The number of rotatable bonds is 42. The number of carbonyl (C=O) groups is 3. The average Bonchev–Trinajstić information content (AvgIpc) is 3.23. The van der Waals surface area contributed by atoms with Crippen molar-refractivity contribution in [3.63, 3.8) is 0 Å². The highest BCUT2D eigenvalue weighted by Crippen LogP contribution is 2.12. The summed E-state index contributed by atoms with van der Waals surface area (Å²) in [6.45, 7) is 6.38. The van der Waals surface area contributed by atoms with E-state index in [9.17, 15) is 14.4 Å². The third-order valence-corrected chi connectivity index (χ3v) is 9.85. The molecule has 0 fully saturated rings. The summed E-state index contributed by atoms with van der Waals surface area (Å²) in [6, 6.07) is 0. The largest absolute Gasteiger partial charge is 0.462 e. The third kappa shape index (κ3) is 45.5. The summed E-state index contributed by atoms with van der Waals surface area (Å²) in [4.78, 5) is 37.8. The molecule has 0 aliphatic heterocycles. The number of unbranched alkanes of at least 4 members (excludes halogenated alkanes) is 17. The smallest absolute Gasteiger partial charge is 0.306 e. The van der Waals surface area contributed by atoms with Gasteiger partial charge in [-0.05, 0) is 103 Å². The number of allylic oxidation sites excluding steroid dienone is 14.